The van der Waals surface area contributed by atoms with E-state index in [1.165, 1.54) is 24.8 Å². The predicted molar refractivity (Wildman–Crippen MR) is 68.6 cm³/mol. The maximum absolute atomic E-state index is 5.42. The highest BCUT2D eigenvalue weighted by Crippen LogP contribution is 2.28. The van der Waals surface area contributed by atoms with Gasteiger partial charge in [-0.15, -0.1) is 0 Å². The molecule has 1 heterocycles. The number of nitrogens with one attached hydrogen (secondary N) is 1. The molecule has 0 spiro atoms. The largest absolute Gasteiger partial charge is 0.469 e. The maximum Gasteiger partial charge on any atom is 0.101 e. The first-order chi connectivity index (χ1) is 7.72. The van der Waals surface area contributed by atoms with Crippen LogP contribution in [0, 0.1) is 12.8 Å². The zero-order valence-electron chi connectivity index (χ0n) is 11.0. The van der Waals surface area contributed by atoms with Crippen molar-refractivity contribution in [3.8, 4) is 0 Å². The lowest BCUT2D eigenvalue weighted by atomic mass is 9.90. The second kappa shape index (κ2) is 6.74. The molecule has 2 heteroatoms. The molecule has 2 nitrogen and oxygen atoms in total. The molecule has 0 fully saturated rings. The number of hydrogen-bond acceptors (Lipinski definition) is 2. The molecule has 0 aliphatic carbocycles. The van der Waals surface area contributed by atoms with E-state index in [-0.39, 0.29) is 0 Å². The SMILES string of the molecule is CCCNC(c1coc(C)c1)C(CC)CC. The molecule has 1 atom stereocenters. The summed E-state index contributed by atoms with van der Waals surface area (Å²) in [5.74, 6) is 1.70. The lowest BCUT2D eigenvalue weighted by Gasteiger charge is -2.25. The Labute approximate surface area is 99.4 Å². The van der Waals surface area contributed by atoms with E-state index in [1.54, 1.807) is 0 Å². The summed E-state index contributed by atoms with van der Waals surface area (Å²) >= 11 is 0. The van der Waals surface area contributed by atoms with Gasteiger partial charge in [0.15, 0.2) is 0 Å². The van der Waals surface area contributed by atoms with Crippen molar-refractivity contribution in [2.24, 2.45) is 5.92 Å². The summed E-state index contributed by atoms with van der Waals surface area (Å²) in [6.45, 7) is 9.82. The topological polar surface area (TPSA) is 25.2 Å². The fourth-order valence-electron chi connectivity index (χ4n) is 2.24. The molecular weight excluding hydrogens is 198 g/mol. The van der Waals surface area contributed by atoms with Gasteiger partial charge in [0.1, 0.15) is 5.76 Å². The molecule has 1 N–H and O–H groups in total. The van der Waals surface area contributed by atoms with Gasteiger partial charge >= 0.3 is 0 Å². The molecule has 0 saturated heterocycles. The Bertz CT molecular complexity index is 289. The van der Waals surface area contributed by atoms with E-state index in [4.69, 9.17) is 4.42 Å². The molecule has 0 aliphatic heterocycles. The van der Waals surface area contributed by atoms with Gasteiger partial charge in [0.25, 0.3) is 0 Å². The molecule has 0 bridgehead atoms. The van der Waals surface area contributed by atoms with Crippen LogP contribution in [0.1, 0.15) is 57.4 Å². The highest BCUT2D eigenvalue weighted by atomic mass is 16.3. The van der Waals surface area contributed by atoms with E-state index in [0.717, 1.165) is 12.3 Å². The van der Waals surface area contributed by atoms with E-state index in [9.17, 15) is 0 Å². The third-order valence-corrected chi connectivity index (χ3v) is 3.24. The van der Waals surface area contributed by atoms with Crippen LogP contribution >= 0.6 is 0 Å². The number of aryl methyl sites for hydroxylation is 1. The molecule has 1 rings (SSSR count). The van der Waals surface area contributed by atoms with E-state index in [2.05, 4.69) is 32.2 Å². The van der Waals surface area contributed by atoms with Crippen LogP contribution in [0.25, 0.3) is 0 Å². The summed E-state index contributed by atoms with van der Waals surface area (Å²) in [4.78, 5) is 0. The van der Waals surface area contributed by atoms with Gasteiger partial charge in [-0.1, -0.05) is 33.6 Å². The summed E-state index contributed by atoms with van der Waals surface area (Å²) in [7, 11) is 0. The van der Waals surface area contributed by atoms with E-state index in [1.807, 2.05) is 13.2 Å². The molecule has 16 heavy (non-hydrogen) atoms. The molecule has 0 amide bonds. The second-order valence-corrected chi connectivity index (χ2v) is 4.50. The van der Waals surface area contributed by atoms with Crippen LogP contribution in [0.15, 0.2) is 16.7 Å². The smallest absolute Gasteiger partial charge is 0.101 e. The van der Waals surface area contributed by atoms with Crippen LogP contribution in [-0.4, -0.2) is 6.54 Å². The van der Waals surface area contributed by atoms with Crippen molar-refractivity contribution in [2.45, 2.75) is 53.0 Å². The Hall–Kier alpha value is -0.760. The summed E-state index contributed by atoms with van der Waals surface area (Å²) in [5.41, 5.74) is 1.31. The average molecular weight is 223 g/mol. The van der Waals surface area contributed by atoms with Crippen LogP contribution in [0.2, 0.25) is 0 Å². The molecule has 1 aromatic rings. The minimum absolute atomic E-state index is 0.451. The summed E-state index contributed by atoms with van der Waals surface area (Å²) in [6.07, 6.45) is 5.50. The van der Waals surface area contributed by atoms with Gasteiger partial charge in [0, 0.05) is 11.6 Å². The summed E-state index contributed by atoms with van der Waals surface area (Å²) < 4.78 is 5.42. The second-order valence-electron chi connectivity index (χ2n) is 4.50. The first-order valence-electron chi connectivity index (χ1n) is 6.51. The Balaban J connectivity index is 2.77. The Morgan fingerprint density at radius 1 is 1.25 bits per heavy atom. The van der Waals surface area contributed by atoms with Crippen LogP contribution in [0.4, 0.5) is 0 Å². The van der Waals surface area contributed by atoms with Crippen molar-refractivity contribution in [1.82, 2.24) is 5.32 Å². The first kappa shape index (κ1) is 13.3. The van der Waals surface area contributed by atoms with Crippen molar-refractivity contribution in [1.29, 1.82) is 0 Å². The Kier molecular flexibility index (Phi) is 5.61. The van der Waals surface area contributed by atoms with Gasteiger partial charge in [0.05, 0.1) is 6.26 Å². The van der Waals surface area contributed by atoms with Gasteiger partial charge in [-0.3, -0.25) is 0 Å². The third kappa shape index (κ3) is 3.38. The van der Waals surface area contributed by atoms with E-state index in [0.29, 0.717) is 12.0 Å². The molecule has 0 saturated carbocycles. The normalized spacial score (nSPS) is 13.3. The standard InChI is InChI=1S/C14H25NO/c1-5-8-15-14(12(6-2)7-3)13-9-11(4)16-10-13/h9-10,12,14-15H,5-8H2,1-4H3. The van der Waals surface area contributed by atoms with Crippen LogP contribution in [0.5, 0.6) is 0 Å². The predicted octanol–water partition coefficient (Wildman–Crippen LogP) is 4.06. The highest BCUT2D eigenvalue weighted by Gasteiger charge is 2.20. The molecular formula is C14H25NO. The minimum Gasteiger partial charge on any atom is -0.469 e. The van der Waals surface area contributed by atoms with Gasteiger partial charge in [-0.25, -0.2) is 0 Å². The average Bonchev–Trinajstić information content (AvgIpc) is 2.71. The fraction of sp³-hybridized carbons (Fsp3) is 0.714. The minimum atomic E-state index is 0.451. The number of hydrogen-bond donors (Lipinski definition) is 1. The highest BCUT2D eigenvalue weighted by molar-refractivity contribution is 5.17. The molecule has 0 aromatic carbocycles. The molecule has 0 aliphatic rings. The molecule has 1 aromatic heterocycles. The third-order valence-electron chi connectivity index (χ3n) is 3.24. The maximum atomic E-state index is 5.42. The van der Waals surface area contributed by atoms with Crippen molar-refractivity contribution in [3.05, 3.63) is 23.7 Å². The summed E-state index contributed by atoms with van der Waals surface area (Å²) in [5, 5.41) is 3.64. The molecule has 0 radical (unpaired) electrons. The number of furan rings is 1. The number of rotatable bonds is 7. The van der Waals surface area contributed by atoms with E-state index >= 15 is 0 Å². The van der Waals surface area contributed by atoms with Gasteiger partial charge in [-0.05, 0) is 31.9 Å². The van der Waals surface area contributed by atoms with Crippen molar-refractivity contribution in [3.63, 3.8) is 0 Å². The van der Waals surface area contributed by atoms with Crippen molar-refractivity contribution in [2.75, 3.05) is 6.54 Å². The monoisotopic (exact) mass is 223 g/mol. The van der Waals surface area contributed by atoms with Crippen molar-refractivity contribution < 1.29 is 4.42 Å². The summed E-state index contributed by atoms with van der Waals surface area (Å²) in [6, 6.07) is 2.61. The molecule has 92 valence electrons. The van der Waals surface area contributed by atoms with Crippen molar-refractivity contribution >= 4 is 0 Å². The molecule has 1 unspecified atom stereocenters. The van der Waals surface area contributed by atoms with Crippen LogP contribution in [0.3, 0.4) is 0 Å². The van der Waals surface area contributed by atoms with Crippen LogP contribution < -0.4 is 5.32 Å². The Morgan fingerprint density at radius 2 is 1.94 bits per heavy atom. The first-order valence-corrected chi connectivity index (χ1v) is 6.51. The zero-order chi connectivity index (χ0) is 12.0. The van der Waals surface area contributed by atoms with Gasteiger partial charge < -0.3 is 9.73 Å². The van der Waals surface area contributed by atoms with E-state index < -0.39 is 0 Å². The fourth-order valence-corrected chi connectivity index (χ4v) is 2.24. The van der Waals surface area contributed by atoms with Gasteiger partial charge in [-0.2, -0.15) is 0 Å². The van der Waals surface area contributed by atoms with Crippen LogP contribution in [-0.2, 0) is 0 Å². The Morgan fingerprint density at radius 3 is 2.38 bits per heavy atom. The zero-order valence-corrected chi connectivity index (χ0v) is 11.0. The lowest BCUT2D eigenvalue weighted by molar-refractivity contribution is 0.339. The lowest BCUT2D eigenvalue weighted by Crippen LogP contribution is -2.28. The van der Waals surface area contributed by atoms with Gasteiger partial charge in [0.2, 0.25) is 0 Å². The quantitative estimate of drug-likeness (QED) is 0.754.